The highest BCUT2D eigenvalue weighted by molar-refractivity contribution is 5.47. The molecule has 100 valence electrons. The monoisotopic (exact) mass is 248 g/mol. The summed E-state index contributed by atoms with van der Waals surface area (Å²) in [5.74, 6) is 1.16. The maximum absolute atomic E-state index is 4.57. The molecular weight excluding hydrogens is 224 g/mol. The number of aromatic nitrogens is 1. The zero-order valence-corrected chi connectivity index (χ0v) is 11.7. The van der Waals surface area contributed by atoms with Gasteiger partial charge in [-0.3, -0.25) is 0 Å². The number of anilines is 1. The van der Waals surface area contributed by atoms with Gasteiger partial charge in [0.25, 0.3) is 0 Å². The van der Waals surface area contributed by atoms with Crippen LogP contribution in [0.1, 0.15) is 18.9 Å². The van der Waals surface area contributed by atoms with Gasteiger partial charge in [-0.15, -0.1) is 0 Å². The predicted octanol–water partition coefficient (Wildman–Crippen LogP) is 1.33. The van der Waals surface area contributed by atoms with Crippen LogP contribution in [-0.4, -0.2) is 49.7 Å². The molecule has 1 aliphatic rings. The lowest BCUT2D eigenvalue weighted by atomic mass is 10.2. The fourth-order valence-electron chi connectivity index (χ4n) is 2.47. The fraction of sp³-hybridized carbons (Fsp3) is 0.643. The van der Waals surface area contributed by atoms with E-state index in [9.17, 15) is 0 Å². The molecule has 0 amide bonds. The number of nitrogens with zero attached hydrogens (tertiary/aromatic N) is 3. The quantitative estimate of drug-likeness (QED) is 0.852. The molecule has 0 spiro atoms. The Balaban J connectivity index is 2.08. The van der Waals surface area contributed by atoms with Crippen molar-refractivity contribution in [3.63, 3.8) is 0 Å². The molecule has 2 rings (SSSR count). The van der Waals surface area contributed by atoms with E-state index in [4.69, 9.17) is 0 Å². The molecule has 0 aromatic carbocycles. The molecule has 4 heteroatoms. The van der Waals surface area contributed by atoms with Crippen LogP contribution in [0.3, 0.4) is 0 Å². The van der Waals surface area contributed by atoms with E-state index >= 15 is 0 Å². The fourth-order valence-corrected chi connectivity index (χ4v) is 2.47. The largest absolute Gasteiger partial charge is 0.355 e. The molecule has 18 heavy (non-hydrogen) atoms. The van der Waals surface area contributed by atoms with Crippen molar-refractivity contribution in [2.75, 3.05) is 38.6 Å². The first-order valence-electron chi connectivity index (χ1n) is 6.78. The Morgan fingerprint density at radius 3 is 3.00 bits per heavy atom. The average molecular weight is 248 g/mol. The Morgan fingerprint density at radius 1 is 1.50 bits per heavy atom. The number of rotatable bonds is 5. The Hall–Kier alpha value is -1.13. The van der Waals surface area contributed by atoms with Gasteiger partial charge in [0.1, 0.15) is 5.82 Å². The van der Waals surface area contributed by atoms with Gasteiger partial charge in [0.2, 0.25) is 0 Å². The van der Waals surface area contributed by atoms with E-state index in [0.29, 0.717) is 6.04 Å². The number of nitrogens with one attached hydrogen (secondary N) is 1. The molecule has 1 atom stereocenters. The molecule has 1 N–H and O–H groups in total. The topological polar surface area (TPSA) is 31.4 Å². The van der Waals surface area contributed by atoms with Crippen LogP contribution >= 0.6 is 0 Å². The van der Waals surface area contributed by atoms with Crippen molar-refractivity contribution in [3.8, 4) is 0 Å². The van der Waals surface area contributed by atoms with E-state index in [-0.39, 0.29) is 0 Å². The molecule has 1 aromatic rings. The van der Waals surface area contributed by atoms with Crippen molar-refractivity contribution in [1.82, 2.24) is 15.2 Å². The zero-order valence-electron chi connectivity index (χ0n) is 11.7. The lowest BCUT2D eigenvalue weighted by Gasteiger charge is -2.23. The van der Waals surface area contributed by atoms with Crippen LogP contribution in [0.4, 0.5) is 5.82 Å². The molecule has 0 radical (unpaired) electrons. The van der Waals surface area contributed by atoms with Crippen molar-refractivity contribution < 1.29 is 0 Å². The zero-order chi connectivity index (χ0) is 13.0. The van der Waals surface area contributed by atoms with Gasteiger partial charge < -0.3 is 15.1 Å². The minimum atomic E-state index is 0.652. The van der Waals surface area contributed by atoms with Gasteiger partial charge >= 0.3 is 0 Å². The first-order chi connectivity index (χ1) is 8.72. The van der Waals surface area contributed by atoms with Crippen molar-refractivity contribution >= 4 is 5.82 Å². The predicted molar refractivity (Wildman–Crippen MR) is 75.9 cm³/mol. The van der Waals surface area contributed by atoms with Crippen LogP contribution < -0.4 is 10.2 Å². The maximum Gasteiger partial charge on any atom is 0.133 e. The van der Waals surface area contributed by atoms with Gasteiger partial charge in [-0.1, -0.05) is 13.0 Å². The van der Waals surface area contributed by atoms with E-state index in [2.05, 4.69) is 47.2 Å². The van der Waals surface area contributed by atoms with Gasteiger partial charge in [-0.05, 0) is 33.1 Å². The van der Waals surface area contributed by atoms with Crippen molar-refractivity contribution in [3.05, 3.63) is 23.9 Å². The van der Waals surface area contributed by atoms with E-state index in [1.807, 2.05) is 12.3 Å². The van der Waals surface area contributed by atoms with Crippen LogP contribution in [0.5, 0.6) is 0 Å². The molecule has 1 fully saturated rings. The van der Waals surface area contributed by atoms with Crippen LogP contribution in [-0.2, 0) is 6.54 Å². The SMILES string of the molecule is CCNCc1cccnc1N1CCC(N(C)C)C1. The summed E-state index contributed by atoms with van der Waals surface area (Å²) < 4.78 is 0. The summed E-state index contributed by atoms with van der Waals surface area (Å²) in [4.78, 5) is 9.30. The molecule has 1 aromatic heterocycles. The standard InChI is InChI=1S/C14H24N4/c1-4-15-10-12-6-5-8-16-14(12)18-9-7-13(11-18)17(2)3/h5-6,8,13,15H,4,7,9-11H2,1-3H3. The number of pyridine rings is 1. The summed E-state index contributed by atoms with van der Waals surface area (Å²) in [6.07, 6.45) is 3.12. The van der Waals surface area contributed by atoms with Crippen LogP contribution in [0, 0.1) is 0 Å². The number of hydrogen-bond donors (Lipinski definition) is 1. The maximum atomic E-state index is 4.57. The van der Waals surface area contributed by atoms with Crippen molar-refractivity contribution in [2.24, 2.45) is 0 Å². The summed E-state index contributed by atoms with van der Waals surface area (Å²) >= 11 is 0. The third-order valence-corrected chi connectivity index (χ3v) is 3.63. The molecule has 0 saturated carbocycles. The van der Waals surface area contributed by atoms with E-state index < -0.39 is 0 Å². The molecule has 0 bridgehead atoms. The molecule has 2 heterocycles. The molecule has 0 aliphatic carbocycles. The summed E-state index contributed by atoms with van der Waals surface area (Å²) in [6.45, 7) is 6.23. The highest BCUT2D eigenvalue weighted by Gasteiger charge is 2.25. The highest BCUT2D eigenvalue weighted by atomic mass is 15.3. The normalized spacial score (nSPS) is 19.8. The lowest BCUT2D eigenvalue weighted by Crippen LogP contribution is -2.32. The minimum absolute atomic E-state index is 0.652. The molecule has 1 aliphatic heterocycles. The first kappa shape index (κ1) is 13.3. The second kappa shape index (κ2) is 6.16. The highest BCUT2D eigenvalue weighted by Crippen LogP contribution is 2.23. The van der Waals surface area contributed by atoms with E-state index in [0.717, 1.165) is 32.0 Å². The average Bonchev–Trinajstić information content (AvgIpc) is 2.86. The van der Waals surface area contributed by atoms with Crippen LogP contribution in [0.15, 0.2) is 18.3 Å². The van der Waals surface area contributed by atoms with Crippen LogP contribution in [0.25, 0.3) is 0 Å². The molecular formula is C14H24N4. The van der Waals surface area contributed by atoms with Crippen LogP contribution in [0.2, 0.25) is 0 Å². The van der Waals surface area contributed by atoms with Gasteiger partial charge in [-0.25, -0.2) is 4.98 Å². The first-order valence-corrected chi connectivity index (χ1v) is 6.78. The molecule has 1 saturated heterocycles. The number of likely N-dealkylation sites (N-methyl/N-ethyl adjacent to an activating group) is 1. The smallest absolute Gasteiger partial charge is 0.133 e. The molecule has 1 unspecified atom stereocenters. The second-order valence-electron chi connectivity index (χ2n) is 5.12. The van der Waals surface area contributed by atoms with Gasteiger partial charge in [0.05, 0.1) is 0 Å². The lowest BCUT2D eigenvalue weighted by molar-refractivity contribution is 0.315. The summed E-state index contributed by atoms with van der Waals surface area (Å²) in [5, 5.41) is 3.39. The van der Waals surface area contributed by atoms with Crippen molar-refractivity contribution in [2.45, 2.75) is 25.9 Å². The Morgan fingerprint density at radius 2 is 2.33 bits per heavy atom. The third kappa shape index (κ3) is 3.00. The Labute approximate surface area is 110 Å². The van der Waals surface area contributed by atoms with Gasteiger partial charge in [-0.2, -0.15) is 0 Å². The van der Waals surface area contributed by atoms with Gasteiger partial charge in [0.15, 0.2) is 0 Å². The molecule has 4 nitrogen and oxygen atoms in total. The summed E-state index contributed by atoms with van der Waals surface area (Å²) in [7, 11) is 4.32. The minimum Gasteiger partial charge on any atom is -0.355 e. The second-order valence-corrected chi connectivity index (χ2v) is 5.12. The summed E-state index contributed by atoms with van der Waals surface area (Å²) in [6, 6.07) is 4.85. The Bertz CT molecular complexity index is 378. The summed E-state index contributed by atoms with van der Waals surface area (Å²) in [5.41, 5.74) is 1.30. The van der Waals surface area contributed by atoms with Gasteiger partial charge in [0, 0.05) is 37.4 Å². The third-order valence-electron chi connectivity index (χ3n) is 3.63. The Kier molecular flexibility index (Phi) is 4.55. The number of hydrogen-bond acceptors (Lipinski definition) is 4. The van der Waals surface area contributed by atoms with E-state index in [1.54, 1.807) is 0 Å². The van der Waals surface area contributed by atoms with Crippen molar-refractivity contribution in [1.29, 1.82) is 0 Å². The van der Waals surface area contributed by atoms with E-state index in [1.165, 1.54) is 12.0 Å².